The molecule has 4 nitrogen and oxygen atoms in total. The van der Waals surface area contributed by atoms with Gasteiger partial charge in [0.1, 0.15) is 0 Å². The van der Waals surface area contributed by atoms with Crippen molar-refractivity contribution >= 4 is 9.84 Å². The molecule has 0 aliphatic carbocycles. The Hall–Kier alpha value is -0.130. The van der Waals surface area contributed by atoms with Gasteiger partial charge < -0.3 is 10.1 Å². The molecule has 1 fully saturated rings. The summed E-state index contributed by atoms with van der Waals surface area (Å²) in [5.74, 6) is 0.276. The summed E-state index contributed by atoms with van der Waals surface area (Å²) >= 11 is 0. The van der Waals surface area contributed by atoms with Crippen molar-refractivity contribution in [2.45, 2.75) is 44.8 Å². The van der Waals surface area contributed by atoms with Crippen molar-refractivity contribution in [2.24, 2.45) is 5.41 Å². The Bertz CT molecular complexity index is 345. The molecule has 1 rings (SSSR count). The van der Waals surface area contributed by atoms with Crippen molar-refractivity contribution in [2.75, 3.05) is 32.6 Å². The first kappa shape index (κ1) is 15.9. The quantitative estimate of drug-likeness (QED) is 0.829. The molecule has 0 atom stereocenters. The van der Waals surface area contributed by atoms with Gasteiger partial charge in [0.05, 0.1) is 10.5 Å². The normalized spacial score (nSPS) is 20.9. The lowest BCUT2D eigenvalue weighted by atomic mass is 9.78. The van der Waals surface area contributed by atoms with Crippen LogP contribution in [0.25, 0.3) is 0 Å². The van der Waals surface area contributed by atoms with Crippen LogP contribution >= 0.6 is 0 Å². The molecule has 1 aliphatic heterocycles. The third-order valence-corrected chi connectivity index (χ3v) is 6.55. The Morgan fingerprint density at radius 3 is 2.22 bits per heavy atom. The highest BCUT2D eigenvalue weighted by molar-refractivity contribution is 7.92. The standard InChI is InChI=1S/C13H27NO3S/c1-12(2,3)18(15,16)10-7-13(11-14-4)5-8-17-9-6-13/h14H,5-11H2,1-4H3. The summed E-state index contributed by atoms with van der Waals surface area (Å²) in [5, 5.41) is 3.20. The molecule has 0 bridgehead atoms. The molecule has 1 aliphatic rings. The number of ether oxygens (including phenoxy) is 1. The third kappa shape index (κ3) is 3.93. The monoisotopic (exact) mass is 277 g/mol. The van der Waals surface area contributed by atoms with E-state index in [2.05, 4.69) is 5.32 Å². The maximum atomic E-state index is 12.2. The lowest BCUT2D eigenvalue weighted by Gasteiger charge is -2.37. The molecule has 108 valence electrons. The largest absolute Gasteiger partial charge is 0.381 e. The minimum Gasteiger partial charge on any atom is -0.381 e. The van der Waals surface area contributed by atoms with Gasteiger partial charge in [0.2, 0.25) is 0 Å². The Morgan fingerprint density at radius 1 is 1.22 bits per heavy atom. The van der Waals surface area contributed by atoms with Crippen LogP contribution in [0.5, 0.6) is 0 Å². The zero-order chi connectivity index (χ0) is 13.9. The maximum absolute atomic E-state index is 12.2. The van der Waals surface area contributed by atoms with Gasteiger partial charge in [-0.25, -0.2) is 8.42 Å². The second-order valence-corrected chi connectivity index (χ2v) is 9.19. The van der Waals surface area contributed by atoms with Gasteiger partial charge in [-0.3, -0.25) is 0 Å². The zero-order valence-electron chi connectivity index (χ0n) is 12.1. The van der Waals surface area contributed by atoms with Gasteiger partial charge in [0.25, 0.3) is 0 Å². The van der Waals surface area contributed by atoms with Gasteiger partial charge in [-0.2, -0.15) is 0 Å². The number of hydrogen-bond acceptors (Lipinski definition) is 4. The molecule has 18 heavy (non-hydrogen) atoms. The van der Waals surface area contributed by atoms with Crippen LogP contribution in [0.4, 0.5) is 0 Å². The minimum atomic E-state index is -3.02. The predicted molar refractivity (Wildman–Crippen MR) is 74.6 cm³/mol. The molecule has 0 radical (unpaired) electrons. The molecule has 0 spiro atoms. The Kier molecular flexibility index (Phi) is 5.21. The van der Waals surface area contributed by atoms with E-state index >= 15 is 0 Å². The molecular formula is C13H27NO3S. The fourth-order valence-electron chi connectivity index (χ4n) is 2.35. The average molecular weight is 277 g/mol. The van der Waals surface area contributed by atoms with Gasteiger partial charge in [-0.1, -0.05) is 0 Å². The summed E-state index contributed by atoms with van der Waals surface area (Å²) in [7, 11) is -1.10. The van der Waals surface area contributed by atoms with Crippen molar-refractivity contribution in [3.05, 3.63) is 0 Å². The van der Waals surface area contributed by atoms with Gasteiger partial charge in [0.15, 0.2) is 9.84 Å². The molecule has 0 saturated carbocycles. The second kappa shape index (κ2) is 5.88. The molecule has 1 saturated heterocycles. The van der Waals surface area contributed by atoms with Crippen LogP contribution in [-0.2, 0) is 14.6 Å². The molecule has 0 amide bonds. The van der Waals surface area contributed by atoms with Crippen molar-refractivity contribution in [1.82, 2.24) is 5.32 Å². The van der Waals surface area contributed by atoms with Crippen LogP contribution in [-0.4, -0.2) is 45.7 Å². The first-order chi connectivity index (χ1) is 8.22. The lowest BCUT2D eigenvalue weighted by Crippen LogP contribution is -2.41. The van der Waals surface area contributed by atoms with Gasteiger partial charge in [-0.05, 0) is 52.5 Å². The van der Waals surface area contributed by atoms with Crippen LogP contribution in [0.2, 0.25) is 0 Å². The van der Waals surface area contributed by atoms with Crippen molar-refractivity contribution in [3.63, 3.8) is 0 Å². The van der Waals surface area contributed by atoms with Crippen LogP contribution < -0.4 is 5.32 Å². The minimum absolute atomic E-state index is 0.0886. The number of sulfone groups is 1. The molecule has 1 heterocycles. The number of nitrogens with one attached hydrogen (secondary N) is 1. The van der Waals surface area contributed by atoms with Crippen LogP contribution in [0.15, 0.2) is 0 Å². The van der Waals surface area contributed by atoms with E-state index in [9.17, 15) is 8.42 Å². The fourth-order valence-corrected chi connectivity index (χ4v) is 3.67. The summed E-state index contributed by atoms with van der Waals surface area (Å²) < 4.78 is 29.1. The van der Waals surface area contributed by atoms with Crippen LogP contribution in [0, 0.1) is 5.41 Å². The average Bonchev–Trinajstić information content (AvgIpc) is 2.27. The maximum Gasteiger partial charge on any atom is 0.155 e. The van der Waals surface area contributed by atoms with Gasteiger partial charge >= 0.3 is 0 Å². The summed E-state index contributed by atoms with van der Waals surface area (Å²) in [6.45, 7) is 7.69. The zero-order valence-corrected chi connectivity index (χ0v) is 12.9. The highest BCUT2D eigenvalue weighted by atomic mass is 32.2. The van der Waals surface area contributed by atoms with E-state index in [1.54, 1.807) is 20.8 Å². The highest BCUT2D eigenvalue weighted by Gasteiger charge is 2.36. The van der Waals surface area contributed by atoms with Crippen LogP contribution in [0.1, 0.15) is 40.0 Å². The van der Waals surface area contributed by atoms with E-state index in [-0.39, 0.29) is 11.2 Å². The smallest absolute Gasteiger partial charge is 0.155 e. The van der Waals surface area contributed by atoms with E-state index in [0.29, 0.717) is 0 Å². The van der Waals surface area contributed by atoms with Crippen molar-refractivity contribution in [3.8, 4) is 0 Å². The summed E-state index contributed by atoms with van der Waals surface area (Å²) in [4.78, 5) is 0. The van der Waals surface area contributed by atoms with E-state index < -0.39 is 14.6 Å². The van der Waals surface area contributed by atoms with Crippen molar-refractivity contribution < 1.29 is 13.2 Å². The molecule has 1 N–H and O–H groups in total. The second-order valence-electron chi connectivity index (χ2n) is 6.32. The Balaban J connectivity index is 2.68. The van der Waals surface area contributed by atoms with Crippen molar-refractivity contribution in [1.29, 1.82) is 0 Å². The van der Waals surface area contributed by atoms with E-state index in [1.807, 2.05) is 7.05 Å². The molecular weight excluding hydrogens is 250 g/mol. The highest BCUT2D eigenvalue weighted by Crippen LogP contribution is 2.35. The molecule has 5 heteroatoms. The topological polar surface area (TPSA) is 55.4 Å². The summed E-state index contributed by atoms with van der Waals surface area (Å²) in [6.07, 6.45) is 2.64. The van der Waals surface area contributed by atoms with E-state index in [0.717, 1.165) is 39.0 Å². The van der Waals surface area contributed by atoms with Gasteiger partial charge in [-0.15, -0.1) is 0 Å². The van der Waals surface area contributed by atoms with Gasteiger partial charge in [0, 0.05) is 19.8 Å². The lowest BCUT2D eigenvalue weighted by molar-refractivity contribution is 0.0141. The third-order valence-electron chi connectivity index (χ3n) is 3.94. The molecule has 0 aromatic heterocycles. The first-order valence-electron chi connectivity index (χ1n) is 6.67. The van der Waals surface area contributed by atoms with E-state index in [4.69, 9.17) is 4.74 Å². The summed E-state index contributed by atoms with van der Waals surface area (Å²) in [6, 6.07) is 0. The Labute approximate surface area is 111 Å². The van der Waals surface area contributed by atoms with E-state index in [1.165, 1.54) is 0 Å². The molecule has 0 unspecified atom stereocenters. The first-order valence-corrected chi connectivity index (χ1v) is 8.32. The summed E-state index contributed by atoms with van der Waals surface area (Å²) in [5.41, 5.74) is 0.0886. The SMILES string of the molecule is CNCC1(CCS(=O)(=O)C(C)(C)C)CCOCC1. The fraction of sp³-hybridized carbons (Fsp3) is 1.00. The number of rotatable bonds is 5. The number of hydrogen-bond donors (Lipinski definition) is 1. The Morgan fingerprint density at radius 2 is 1.78 bits per heavy atom. The van der Waals surface area contributed by atoms with Crippen LogP contribution in [0.3, 0.4) is 0 Å². The predicted octanol–water partition coefficient (Wildman–Crippen LogP) is 1.61. The molecule has 0 aromatic rings. The molecule has 0 aromatic carbocycles.